The molecule has 0 saturated carbocycles. The second-order valence-corrected chi connectivity index (χ2v) is 12.0. The Morgan fingerprint density at radius 1 is 0.692 bits per heavy atom. The van der Waals surface area contributed by atoms with Crippen LogP contribution in [0.15, 0.2) is 78.9 Å². The molecule has 0 saturated heterocycles. The molecule has 39 heavy (non-hydrogen) atoms. The van der Waals surface area contributed by atoms with Crippen molar-refractivity contribution < 1.29 is 0 Å². The van der Waals surface area contributed by atoms with Crippen LogP contribution in [0.1, 0.15) is 106 Å². The maximum Gasteiger partial charge on any atom is 0.0943 e. The molecule has 3 nitrogen and oxygen atoms in total. The lowest BCUT2D eigenvalue weighted by molar-refractivity contribution is 0.788. The van der Waals surface area contributed by atoms with E-state index in [0.29, 0.717) is 23.8 Å². The number of aromatic nitrogens is 1. The molecule has 0 bridgehead atoms. The van der Waals surface area contributed by atoms with E-state index in [2.05, 4.69) is 138 Å². The summed E-state index contributed by atoms with van der Waals surface area (Å²) < 4.78 is 0. The Hall–Kier alpha value is -3.59. The van der Waals surface area contributed by atoms with Gasteiger partial charge in [0.1, 0.15) is 0 Å². The van der Waals surface area contributed by atoms with Crippen LogP contribution in [0.5, 0.6) is 0 Å². The summed E-state index contributed by atoms with van der Waals surface area (Å²) in [6.45, 7) is 15.9. The molecule has 2 N–H and O–H groups in total. The first-order valence-corrected chi connectivity index (χ1v) is 14.6. The van der Waals surface area contributed by atoms with Crippen LogP contribution < -0.4 is 10.6 Å². The highest BCUT2D eigenvalue weighted by Crippen LogP contribution is 2.40. The number of hydrogen-bond donors (Lipinski definition) is 2. The zero-order valence-electron chi connectivity index (χ0n) is 24.5. The highest BCUT2D eigenvalue weighted by Gasteiger charge is 2.25. The number of pyridine rings is 1. The van der Waals surface area contributed by atoms with Crippen molar-refractivity contribution >= 4 is 11.4 Å². The minimum absolute atomic E-state index is 0.0791. The number of nitrogens with one attached hydrogen (secondary N) is 2. The lowest BCUT2D eigenvalue weighted by atomic mass is 9.88. The first kappa shape index (κ1) is 27.0. The van der Waals surface area contributed by atoms with E-state index >= 15 is 0 Å². The van der Waals surface area contributed by atoms with Crippen LogP contribution in [-0.4, -0.2) is 11.0 Å². The Labute approximate surface area is 235 Å². The van der Waals surface area contributed by atoms with E-state index in [4.69, 9.17) is 4.98 Å². The number of rotatable bonds is 8. The van der Waals surface area contributed by atoms with E-state index in [1.807, 2.05) is 0 Å². The molecule has 2 heterocycles. The molecule has 5 rings (SSSR count). The highest BCUT2D eigenvalue weighted by molar-refractivity contribution is 5.80. The summed E-state index contributed by atoms with van der Waals surface area (Å²) >= 11 is 0. The number of para-hydroxylation sites is 2. The van der Waals surface area contributed by atoms with Crippen molar-refractivity contribution in [2.24, 2.45) is 0 Å². The monoisotopic (exact) mass is 517 g/mol. The normalized spacial score (nSPS) is 15.5. The van der Waals surface area contributed by atoms with E-state index in [9.17, 15) is 0 Å². The highest BCUT2D eigenvalue weighted by atomic mass is 15.0. The van der Waals surface area contributed by atoms with Gasteiger partial charge >= 0.3 is 0 Å². The standard InChI is InChI=1S/C36H43N3/c1-22(2)27-14-8-9-15-30(27)36(39-35-28(23(3)4)16-11-17-29(35)24(5)6)33-20-12-19-32(38-33)31-18-10-13-26-21-25(7)37-34(26)31/h8-20,22-25,36-37,39H,21H2,1-7H3/t25-,36+/m0/s1. The van der Waals surface area contributed by atoms with Gasteiger partial charge in [-0.25, -0.2) is 0 Å². The molecular weight excluding hydrogens is 474 g/mol. The Morgan fingerprint density at radius 3 is 1.95 bits per heavy atom. The van der Waals surface area contributed by atoms with Crippen LogP contribution in [0.25, 0.3) is 11.3 Å². The van der Waals surface area contributed by atoms with Crippen LogP contribution in [0.2, 0.25) is 0 Å². The van der Waals surface area contributed by atoms with Crippen molar-refractivity contribution in [3.63, 3.8) is 0 Å². The lowest BCUT2D eigenvalue weighted by Gasteiger charge is -2.29. The number of fused-ring (bicyclic) bond motifs is 1. The molecule has 0 unspecified atom stereocenters. The first-order valence-electron chi connectivity index (χ1n) is 14.6. The van der Waals surface area contributed by atoms with Gasteiger partial charge in [-0.2, -0.15) is 0 Å². The van der Waals surface area contributed by atoms with Crippen LogP contribution in [-0.2, 0) is 6.42 Å². The first-order chi connectivity index (χ1) is 18.7. The lowest BCUT2D eigenvalue weighted by Crippen LogP contribution is -2.19. The van der Waals surface area contributed by atoms with Crippen molar-refractivity contribution in [3.05, 3.63) is 112 Å². The van der Waals surface area contributed by atoms with Crippen molar-refractivity contribution in [2.75, 3.05) is 10.6 Å². The Kier molecular flexibility index (Phi) is 7.79. The topological polar surface area (TPSA) is 37.0 Å². The Bertz CT molecular complexity index is 1420. The maximum atomic E-state index is 5.37. The molecule has 1 aliphatic heterocycles. The molecule has 0 fully saturated rings. The van der Waals surface area contributed by atoms with Gasteiger partial charge in [0.05, 0.1) is 17.4 Å². The van der Waals surface area contributed by atoms with E-state index in [1.165, 1.54) is 44.8 Å². The van der Waals surface area contributed by atoms with Crippen LogP contribution in [0.3, 0.4) is 0 Å². The fraction of sp³-hybridized carbons (Fsp3) is 0.361. The zero-order valence-corrected chi connectivity index (χ0v) is 24.5. The van der Waals surface area contributed by atoms with Gasteiger partial charge < -0.3 is 10.6 Å². The van der Waals surface area contributed by atoms with Crippen molar-refractivity contribution in [1.82, 2.24) is 4.98 Å². The second kappa shape index (κ2) is 11.3. The predicted molar refractivity (Wildman–Crippen MR) is 167 cm³/mol. The molecule has 0 spiro atoms. The SMILES string of the molecule is CC(C)c1ccccc1[C@@H](Nc1c(C(C)C)cccc1C(C)C)c1cccc(-c2cccc3c2N[C@@H](C)C3)n1. The molecule has 0 radical (unpaired) electrons. The van der Waals surface area contributed by atoms with Gasteiger partial charge in [0, 0.05) is 23.0 Å². The molecular formula is C36H43N3. The molecule has 3 aromatic carbocycles. The van der Waals surface area contributed by atoms with Crippen molar-refractivity contribution in [1.29, 1.82) is 0 Å². The third kappa shape index (κ3) is 5.45. The molecule has 4 aromatic rings. The minimum Gasteiger partial charge on any atom is -0.381 e. The van der Waals surface area contributed by atoms with E-state index in [-0.39, 0.29) is 6.04 Å². The van der Waals surface area contributed by atoms with Crippen LogP contribution in [0.4, 0.5) is 11.4 Å². The third-order valence-corrected chi connectivity index (χ3v) is 8.00. The van der Waals surface area contributed by atoms with E-state index in [0.717, 1.165) is 17.8 Å². The van der Waals surface area contributed by atoms with Crippen molar-refractivity contribution in [3.8, 4) is 11.3 Å². The molecule has 0 aliphatic carbocycles. The maximum absolute atomic E-state index is 5.37. The largest absolute Gasteiger partial charge is 0.381 e. The molecule has 1 aliphatic rings. The van der Waals surface area contributed by atoms with Gasteiger partial charge in [0.15, 0.2) is 0 Å². The average Bonchev–Trinajstić information content (AvgIpc) is 3.31. The quantitative estimate of drug-likeness (QED) is 0.244. The number of hydrogen-bond acceptors (Lipinski definition) is 3. The van der Waals surface area contributed by atoms with E-state index < -0.39 is 0 Å². The zero-order chi connectivity index (χ0) is 27.7. The average molecular weight is 518 g/mol. The van der Waals surface area contributed by atoms with Gasteiger partial charge in [-0.1, -0.05) is 108 Å². The Morgan fingerprint density at radius 2 is 1.28 bits per heavy atom. The van der Waals surface area contributed by atoms with Crippen molar-refractivity contribution in [2.45, 2.75) is 84.7 Å². The third-order valence-electron chi connectivity index (χ3n) is 8.00. The van der Waals surface area contributed by atoms with Gasteiger partial charge in [0.2, 0.25) is 0 Å². The van der Waals surface area contributed by atoms with Gasteiger partial charge in [-0.15, -0.1) is 0 Å². The summed E-state index contributed by atoms with van der Waals surface area (Å²) in [4.78, 5) is 5.37. The van der Waals surface area contributed by atoms with Crippen LogP contribution >= 0.6 is 0 Å². The number of anilines is 2. The Balaban J connectivity index is 1.68. The molecule has 3 heteroatoms. The minimum atomic E-state index is -0.0791. The summed E-state index contributed by atoms with van der Waals surface area (Å²) in [6.07, 6.45) is 1.05. The summed E-state index contributed by atoms with van der Waals surface area (Å²) in [5, 5.41) is 7.76. The fourth-order valence-corrected chi connectivity index (χ4v) is 6.02. The summed E-state index contributed by atoms with van der Waals surface area (Å²) in [5.74, 6) is 1.22. The second-order valence-electron chi connectivity index (χ2n) is 12.0. The number of benzene rings is 3. The van der Waals surface area contributed by atoms with E-state index in [1.54, 1.807) is 0 Å². The molecule has 1 aromatic heterocycles. The smallest absolute Gasteiger partial charge is 0.0943 e. The summed E-state index contributed by atoms with van der Waals surface area (Å²) in [6, 6.07) is 29.1. The molecule has 202 valence electrons. The van der Waals surface area contributed by atoms with Crippen LogP contribution in [0, 0.1) is 0 Å². The predicted octanol–water partition coefficient (Wildman–Crippen LogP) is 9.68. The fourth-order valence-electron chi connectivity index (χ4n) is 6.02. The number of nitrogens with zero attached hydrogens (tertiary/aromatic N) is 1. The summed E-state index contributed by atoms with van der Waals surface area (Å²) in [5.41, 5.74) is 12.4. The van der Waals surface area contributed by atoms with Gasteiger partial charge in [0.25, 0.3) is 0 Å². The van der Waals surface area contributed by atoms with Gasteiger partial charge in [-0.05, 0) is 71.0 Å². The van der Waals surface area contributed by atoms with Gasteiger partial charge in [-0.3, -0.25) is 4.98 Å². The molecule has 2 atom stereocenters. The summed E-state index contributed by atoms with van der Waals surface area (Å²) in [7, 11) is 0. The molecule has 0 amide bonds.